The van der Waals surface area contributed by atoms with Crippen LogP contribution < -0.4 is 11.1 Å². The summed E-state index contributed by atoms with van der Waals surface area (Å²) in [5, 5.41) is 14.2. The van der Waals surface area contributed by atoms with Gasteiger partial charge in [-0.3, -0.25) is 5.41 Å². The number of hydrogen-bond donors (Lipinski definition) is 3. The Morgan fingerprint density at radius 3 is 3.11 bits per heavy atom. The third-order valence-electron chi connectivity index (χ3n) is 0.741. The first kappa shape index (κ1) is 6.10. The van der Waals surface area contributed by atoms with E-state index in [1.54, 1.807) is 0 Å². The molecule has 0 aliphatic carbocycles. The van der Waals surface area contributed by atoms with Crippen molar-refractivity contribution in [2.75, 3.05) is 5.32 Å². The zero-order valence-electron chi connectivity index (χ0n) is 4.64. The summed E-state index contributed by atoms with van der Waals surface area (Å²) in [6, 6.07) is 1.81. The lowest BCUT2D eigenvalue weighted by Gasteiger charge is -1.95. The minimum absolute atomic E-state index is 0.0512. The average molecular weight is 140 g/mol. The van der Waals surface area contributed by atoms with Crippen molar-refractivity contribution < 1.29 is 0 Å². The first-order valence-corrected chi connectivity index (χ1v) is 3.23. The highest BCUT2D eigenvalue weighted by Gasteiger charge is 1.90. The highest BCUT2D eigenvalue weighted by Crippen LogP contribution is 2.09. The summed E-state index contributed by atoms with van der Waals surface area (Å²) < 4.78 is 0. The first-order chi connectivity index (χ1) is 4.29. The van der Waals surface area contributed by atoms with Crippen LogP contribution in [-0.4, -0.2) is 5.96 Å². The Morgan fingerprint density at radius 1 is 1.89 bits per heavy atom. The monoisotopic (exact) mass is 140 g/mol. The molecule has 1 aromatic rings. The van der Waals surface area contributed by atoms with E-state index < -0.39 is 0 Å². The molecular formula is C5H6N3S. The summed E-state index contributed by atoms with van der Waals surface area (Å²) in [5.74, 6) is -0.0512. The molecule has 9 heavy (non-hydrogen) atoms. The van der Waals surface area contributed by atoms with Crippen molar-refractivity contribution >= 4 is 23.0 Å². The molecule has 1 aromatic heterocycles. The van der Waals surface area contributed by atoms with E-state index in [9.17, 15) is 0 Å². The highest BCUT2D eigenvalue weighted by atomic mass is 32.1. The Hall–Kier alpha value is -1.03. The fourth-order valence-electron chi connectivity index (χ4n) is 0.446. The standard InChI is InChI=1S/C5H6N3S/c6-5(7)8-4-1-2-9-3-4/h1-2H,(H4,6,7,8). The van der Waals surface area contributed by atoms with E-state index in [0.717, 1.165) is 5.69 Å². The van der Waals surface area contributed by atoms with Gasteiger partial charge in [0, 0.05) is 0 Å². The molecule has 1 heterocycles. The van der Waals surface area contributed by atoms with Crippen LogP contribution in [0.4, 0.5) is 5.69 Å². The van der Waals surface area contributed by atoms with E-state index >= 15 is 0 Å². The number of nitrogens with two attached hydrogens (primary N) is 1. The normalized spacial score (nSPS) is 8.89. The van der Waals surface area contributed by atoms with Crippen LogP contribution in [0.15, 0.2) is 11.4 Å². The quantitative estimate of drug-likeness (QED) is 0.400. The second-order valence-corrected chi connectivity index (χ2v) is 2.19. The Kier molecular flexibility index (Phi) is 1.69. The smallest absolute Gasteiger partial charge is 0.190 e. The number of anilines is 1. The molecule has 0 aromatic carbocycles. The molecule has 4 N–H and O–H groups in total. The average Bonchev–Trinajstić information content (AvgIpc) is 2.15. The predicted molar refractivity (Wildman–Crippen MR) is 38.7 cm³/mol. The van der Waals surface area contributed by atoms with Crippen molar-refractivity contribution in [3.05, 3.63) is 16.8 Å². The van der Waals surface area contributed by atoms with Gasteiger partial charge in [0.05, 0.1) is 11.1 Å². The summed E-state index contributed by atoms with van der Waals surface area (Å²) in [4.78, 5) is 0. The molecule has 0 spiro atoms. The van der Waals surface area contributed by atoms with Gasteiger partial charge in [-0.05, 0) is 11.4 Å². The molecule has 1 rings (SSSR count). The summed E-state index contributed by atoms with van der Waals surface area (Å²) >= 11 is 1.44. The fraction of sp³-hybridized carbons (Fsp3) is 0. The van der Waals surface area contributed by atoms with E-state index in [1.807, 2.05) is 11.4 Å². The molecule has 0 saturated carbocycles. The van der Waals surface area contributed by atoms with Gasteiger partial charge in [-0.25, -0.2) is 0 Å². The molecule has 0 fully saturated rings. The zero-order valence-corrected chi connectivity index (χ0v) is 5.46. The van der Waals surface area contributed by atoms with Crippen molar-refractivity contribution in [1.82, 2.24) is 0 Å². The van der Waals surface area contributed by atoms with Gasteiger partial charge in [-0.2, -0.15) is 0 Å². The molecule has 0 bridgehead atoms. The molecule has 47 valence electrons. The molecule has 1 radical (unpaired) electrons. The molecule has 0 atom stereocenters. The largest absolute Gasteiger partial charge is 0.370 e. The molecule has 0 aliphatic heterocycles. The van der Waals surface area contributed by atoms with Crippen LogP contribution in [0.2, 0.25) is 0 Å². The maximum atomic E-state index is 6.82. The number of nitrogens with one attached hydrogen (secondary N) is 2. The number of thiophene rings is 1. The summed E-state index contributed by atoms with van der Waals surface area (Å²) in [6.45, 7) is 0. The van der Waals surface area contributed by atoms with Gasteiger partial charge in [0.15, 0.2) is 5.96 Å². The van der Waals surface area contributed by atoms with Crippen LogP contribution in [0.1, 0.15) is 0 Å². The topological polar surface area (TPSA) is 61.9 Å². The molecule has 4 heteroatoms. The first-order valence-electron chi connectivity index (χ1n) is 2.35. The maximum Gasteiger partial charge on any atom is 0.190 e. The van der Waals surface area contributed by atoms with Crippen molar-refractivity contribution in [3.63, 3.8) is 0 Å². The Morgan fingerprint density at radius 2 is 2.67 bits per heavy atom. The second-order valence-electron chi connectivity index (χ2n) is 1.48. The van der Waals surface area contributed by atoms with Crippen LogP contribution in [0.25, 0.3) is 0 Å². The lowest BCUT2D eigenvalue weighted by molar-refractivity contribution is 1.42. The van der Waals surface area contributed by atoms with Crippen LogP contribution >= 0.6 is 11.3 Å². The maximum absolute atomic E-state index is 6.82. The van der Waals surface area contributed by atoms with Crippen LogP contribution in [0, 0.1) is 10.8 Å². The Labute approximate surface area is 57.0 Å². The van der Waals surface area contributed by atoms with Crippen LogP contribution in [-0.2, 0) is 0 Å². The lowest BCUT2D eigenvalue weighted by Crippen LogP contribution is -2.19. The summed E-state index contributed by atoms with van der Waals surface area (Å²) in [5.41, 5.74) is 5.80. The lowest BCUT2D eigenvalue weighted by atomic mass is 10.5. The molecule has 0 aliphatic rings. The number of rotatable bonds is 1. The van der Waals surface area contributed by atoms with Gasteiger partial charge >= 0.3 is 0 Å². The minimum atomic E-state index is -0.0512. The van der Waals surface area contributed by atoms with E-state index in [4.69, 9.17) is 11.1 Å². The van der Waals surface area contributed by atoms with Gasteiger partial charge in [-0.15, -0.1) is 11.3 Å². The second kappa shape index (κ2) is 2.50. The van der Waals surface area contributed by atoms with E-state index in [0.29, 0.717) is 0 Å². The Balaban J connectivity index is 2.58. The van der Waals surface area contributed by atoms with E-state index in [-0.39, 0.29) is 5.96 Å². The van der Waals surface area contributed by atoms with E-state index in [1.165, 1.54) is 11.3 Å². The third-order valence-corrected chi connectivity index (χ3v) is 1.35. The number of hydrogen-bond acceptors (Lipinski definition) is 2. The molecule has 3 nitrogen and oxygen atoms in total. The predicted octanol–water partition coefficient (Wildman–Crippen LogP) is 0.854. The SMILES string of the molecule is N=C(N)Nc1[c]scc1. The van der Waals surface area contributed by atoms with Gasteiger partial charge < -0.3 is 11.1 Å². The van der Waals surface area contributed by atoms with Crippen molar-refractivity contribution in [3.8, 4) is 0 Å². The van der Waals surface area contributed by atoms with E-state index in [2.05, 4.69) is 10.7 Å². The van der Waals surface area contributed by atoms with Crippen LogP contribution in [0.3, 0.4) is 0 Å². The molecule has 0 unspecified atom stereocenters. The number of guanidine groups is 1. The fourth-order valence-corrected chi connectivity index (χ4v) is 0.964. The van der Waals surface area contributed by atoms with Crippen LogP contribution in [0.5, 0.6) is 0 Å². The van der Waals surface area contributed by atoms with Crippen molar-refractivity contribution in [2.45, 2.75) is 0 Å². The van der Waals surface area contributed by atoms with Gasteiger partial charge in [-0.1, -0.05) is 0 Å². The summed E-state index contributed by atoms with van der Waals surface area (Å²) in [7, 11) is 0. The zero-order chi connectivity index (χ0) is 6.69. The highest BCUT2D eigenvalue weighted by molar-refractivity contribution is 7.07. The Bertz CT molecular complexity index is 192. The van der Waals surface area contributed by atoms with Gasteiger partial charge in [0.2, 0.25) is 0 Å². The third kappa shape index (κ3) is 1.73. The van der Waals surface area contributed by atoms with Crippen molar-refractivity contribution in [1.29, 1.82) is 5.41 Å². The molecule has 0 amide bonds. The van der Waals surface area contributed by atoms with Gasteiger partial charge in [0.25, 0.3) is 0 Å². The minimum Gasteiger partial charge on any atom is -0.370 e. The molecule has 0 saturated heterocycles. The van der Waals surface area contributed by atoms with Gasteiger partial charge in [0.1, 0.15) is 0 Å². The van der Waals surface area contributed by atoms with Crippen molar-refractivity contribution in [2.24, 2.45) is 5.73 Å². The molecular weight excluding hydrogens is 134 g/mol. The summed E-state index contributed by atoms with van der Waals surface area (Å²) in [6.07, 6.45) is 0.